The second-order valence-electron chi connectivity index (χ2n) is 3.90. The summed E-state index contributed by atoms with van der Waals surface area (Å²) in [5.41, 5.74) is 5.30. The minimum atomic E-state index is 0. The lowest BCUT2D eigenvalue weighted by molar-refractivity contribution is 0.816. The van der Waals surface area contributed by atoms with Gasteiger partial charge in [-0.25, -0.2) is 10.4 Å². The van der Waals surface area contributed by atoms with Crippen LogP contribution in [0.5, 0.6) is 0 Å². The molecule has 0 bridgehead atoms. The van der Waals surface area contributed by atoms with Gasteiger partial charge in [-0.2, -0.15) is 9.89 Å². The number of fused-ring (bicyclic) bond motifs is 1. The molecule has 1 aromatic heterocycles. The van der Waals surface area contributed by atoms with Gasteiger partial charge >= 0.3 is 0 Å². The van der Waals surface area contributed by atoms with Crippen molar-refractivity contribution in [3.63, 3.8) is 0 Å². The van der Waals surface area contributed by atoms with Crippen molar-refractivity contribution < 1.29 is 0 Å². The van der Waals surface area contributed by atoms with E-state index >= 15 is 0 Å². The third-order valence-corrected chi connectivity index (χ3v) is 2.56. The Morgan fingerprint density at radius 2 is 2.29 bits per heavy atom. The molecular formula is C11H14ClN5. The molecule has 0 atom stereocenters. The van der Waals surface area contributed by atoms with Crippen LogP contribution < -0.4 is 10.7 Å². The van der Waals surface area contributed by atoms with E-state index in [1.807, 2.05) is 6.20 Å². The molecule has 1 aliphatic heterocycles. The zero-order chi connectivity index (χ0) is 11.0. The van der Waals surface area contributed by atoms with Gasteiger partial charge in [0.2, 0.25) is 5.96 Å². The van der Waals surface area contributed by atoms with Gasteiger partial charge in [-0.05, 0) is 18.6 Å². The molecule has 2 aromatic rings. The van der Waals surface area contributed by atoms with Crippen LogP contribution in [0.25, 0.3) is 10.9 Å². The van der Waals surface area contributed by atoms with Crippen molar-refractivity contribution >= 4 is 29.3 Å². The Bertz CT molecular complexity index is 560. The highest BCUT2D eigenvalue weighted by Gasteiger charge is 2.06. The van der Waals surface area contributed by atoms with Crippen LogP contribution in [0.2, 0.25) is 0 Å². The molecule has 0 radical (unpaired) electrons. The van der Waals surface area contributed by atoms with Crippen LogP contribution in [-0.4, -0.2) is 28.9 Å². The molecule has 90 valence electrons. The average Bonchev–Trinajstić information content (AvgIpc) is 2.86. The fraction of sp³-hybridized carbons (Fsp3) is 0.273. The van der Waals surface area contributed by atoms with Gasteiger partial charge in [-0.15, -0.1) is 12.4 Å². The molecule has 17 heavy (non-hydrogen) atoms. The van der Waals surface area contributed by atoms with Crippen molar-refractivity contribution in [2.75, 3.05) is 18.5 Å². The first kappa shape index (κ1) is 11.7. The number of aryl methyl sites for hydroxylation is 1. The standard InChI is InChI=1S/C11H13N5.ClH/c1-8-2-3-9-7-16(14-10(9)6-8)15-11-12-4-5-13-11;/h2-3,6-7H,4-5H2,1H3,(H2,12,13,15);1H. The highest BCUT2D eigenvalue weighted by atomic mass is 35.5. The number of nitrogens with one attached hydrogen (secondary N) is 2. The van der Waals surface area contributed by atoms with Crippen LogP contribution in [0.1, 0.15) is 5.56 Å². The molecule has 6 heteroatoms. The van der Waals surface area contributed by atoms with E-state index in [9.17, 15) is 0 Å². The van der Waals surface area contributed by atoms with Crippen molar-refractivity contribution in [2.45, 2.75) is 6.92 Å². The molecule has 0 saturated heterocycles. The average molecular weight is 252 g/mol. The number of benzene rings is 1. The van der Waals surface area contributed by atoms with Crippen molar-refractivity contribution in [3.8, 4) is 0 Å². The number of rotatable bonds is 1. The van der Waals surface area contributed by atoms with Crippen LogP contribution in [0, 0.1) is 6.92 Å². The molecule has 0 amide bonds. The molecule has 0 spiro atoms. The number of nitrogens with zero attached hydrogens (tertiary/aromatic N) is 3. The predicted octanol–water partition coefficient (Wildman–Crippen LogP) is 1.27. The van der Waals surface area contributed by atoms with Crippen molar-refractivity contribution in [2.24, 2.45) is 4.99 Å². The van der Waals surface area contributed by atoms with Crippen molar-refractivity contribution in [3.05, 3.63) is 30.0 Å². The second-order valence-corrected chi connectivity index (χ2v) is 3.90. The zero-order valence-electron chi connectivity index (χ0n) is 9.47. The van der Waals surface area contributed by atoms with Gasteiger partial charge in [0.15, 0.2) is 0 Å². The van der Waals surface area contributed by atoms with Gasteiger partial charge in [0.25, 0.3) is 0 Å². The lowest BCUT2D eigenvalue weighted by Crippen LogP contribution is -2.32. The number of aliphatic imine (C=N–C) groups is 1. The van der Waals surface area contributed by atoms with Gasteiger partial charge in [-0.3, -0.25) is 0 Å². The maximum atomic E-state index is 4.42. The first-order chi connectivity index (χ1) is 7.81. The summed E-state index contributed by atoms with van der Waals surface area (Å²) in [5.74, 6) is 0.782. The van der Waals surface area contributed by atoms with Crippen LogP contribution in [0.4, 0.5) is 0 Å². The topological polar surface area (TPSA) is 54.2 Å². The molecule has 0 fully saturated rings. The maximum absolute atomic E-state index is 4.42. The Morgan fingerprint density at radius 1 is 1.41 bits per heavy atom. The van der Waals surface area contributed by atoms with E-state index in [4.69, 9.17) is 0 Å². The van der Waals surface area contributed by atoms with E-state index < -0.39 is 0 Å². The zero-order valence-corrected chi connectivity index (χ0v) is 10.3. The summed E-state index contributed by atoms with van der Waals surface area (Å²) < 4.78 is 0. The Balaban J connectivity index is 0.00000108. The van der Waals surface area contributed by atoms with Gasteiger partial charge < -0.3 is 5.32 Å². The summed E-state index contributed by atoms with van der Waals surface area (Å²) in [5, 5.41) is 8.68. The van der Waals surface area contributed by atoms with Crippen LogP contribution in [-0.2, 0) is 0 Å². The van der Waals surface area contributed by atoms with E-state index in [0.29, 0.717) is 0 Å². The maximum Gasteiger partial charge on any atom is 0.212 e. The SMILES string of the molecule is Cc1ccc2cn(NC3=NCCN3)nc2c1.Cl. The molecule has 5 nitrogen and oxygen atoms in total. The molecule has 0 aliphatic carbocycles. The second kappa shape index (κ2) is 4.63. The quantitative estimate of drug-likeness (QED) is 0.803. The summed E-state index contributed by atoms with van der Waals surface area (Å²) in [6.45, 7) is 3.78. The number of halogens is 1. The molecule has 0 unspecified atom stereocenters. The lowest BCUT2D eigenvalue weighted by Gasteiger charge is -2.04. The first-order valence-corrected chi connectivity index (χ1v) is 5.33. The Morgan fingerprint density at radius 3 is 3.06 bits per heavy atom. The smallest absolute Gasteiger partial charge is 0.212 e. The number of hydrogen-bond acceptors (Lipinski definition) is 4. The summed E-state index contributed by atoms with van der Waals surface area (Å²) in [7, 11) is 0. The first-order valence-electron chi connectivity index (χ1n) is 5.33. The van der Waals surface area contributed by atoms with Crippen LogP contribution in [0.3, 0.4) is 0 Å². The highest BCUT2D eigenvalue weighted by Crippen LogP contribution is 2.12. The largest absolute Gasteiger partial charge is 0.353 e. The fourth-order valence-corrected chi connectivity index (χ4v) is 1.76. The minimum Gasteiger partial charge on any atom is -0.353 e. The third kappa shape index (κ3) is 2.34. The molecule has 2 N–H and O–H groups in total. The monoisotopic (exact) mass is 251 g/mol. The van der Waals surface area contributed by atoms with E-state index in [1.165, 1.54) is 5.56 Å². The van der Waals surface area contributed by atoms with Crippen molar-refractivity contribution in [1.29, 1.82) is 0 Å². The minimum absolute atomic E-state index is 0. The predicted molar refractivity (Wildman–Crippen MR) is 71.4 cm³/mol. The summed E-state index contributed by atoms with van der Waals surface area (Å²) in [4.78, 5) is 5.95. The van der Waals surface area contributed by atoms with Crippen LogP contribution >= 0.6 is 12.4 Å². The van der Waals surface area contributed by atoms with Crippen molar-refractivity contribution in [1.82, 2.24) is 15.2 Å². The molecule has 3 rings (SSSR count). The van der Waals surface area contributed by atoms with E-state index in [0.717, 1.165) is 30.0 Å². The third-order valence-electron chi connectivity index (χ3n) is 2.56. The molecule has 1 aliphatic rings. The Labute approximate surface area is 105 Å². The van der Waals surface area contributed by atoms with E-state index in [2.05, 4.69) is 46.0 Å². The van der Waals surface area contributed by atoms with Crippen LogP contribution in [0.15, 0.2) is 29.4 Å². The van der Waals surface area contributed by atoms with E-state index in [-0.39, 0.29) is 12.4 Å². The van der Waals surface area contributed by atoms with Gasteiger partial charge in [0.05, 0.1) is 18.3 Å². The number of aromatic nitrogens is 2. The Kier molecular flexibility index (Phi) is 3.19. The lowest BCUT2D eigenvalue weighted by atomic mass is 10.2. The summed E-state index contributed by atoms with van der Waals surface area (Å²) >= 11 is 0. The highest BCUT2D eigenvalue weighted by molar-refractivity contribution is 5.89. The molecular weight excluding hydrogens is 238 g/mol. The van der Waals surface area contributed by atoms with E-state index in [1.54, 1.807) is 4.79 Å². The number of hydrogen-bond donors (Lipinski definition) is 2. The van der Waals surface area contributed by atoms with Gasteiger partial charge in [0.1, 0.15) is 0 Å². The molecule has 2 heterocycles. The molecule has 1 aromatic carbocycles. The summed E-state index contributed by atoms with van der Waals surface area (Å²) in [6, 6.07) is 6.22. The van der Waals surface area contributed by atoms with Gasteiger partial charge in [0, 0.05) is 11.9 Å². The molecule has 0 saturated carbocycles. The Hall–Kier alpha value is -1.75. The number of guanidine groups is 1. The fourth-order valence-electron chi connectivity index (χ4n) is 1.76. The normalized spacial score (nSPS) is 14.1. The summed E-state index contributed by atoms with van der Waals surface area (Å²) in [6.07, 6.45) is 1.96. The van der Waals surface area contributed by atoms with Gasteiger partial charge in [-0.1, -0.05) is 12.1 Å².